The molecule has 0 atom stereocenters. The topological polar surface area (TPSA) is 26.0 Å². The second-order valence-electron chi connectivity index (χ2n) is 2.90. The van der Waals surface area contributed by atoms with Crippen molar-refractivity contribution >= 4 is 0 Å². The van der Waals surface area contributed by atoms with Gasteiger partial charge in [0.2, 0.25) is 0 Å². The van der Waals surface area contributed by atoms with Crippen LogP contribution in [0.25, 0.3) is 11.3 Å². The first kappa shape index (κ1) is 8.05. The fraction of sp³-hybridized carbons (Fsp3) is 0.182. The maximum absolute atomic E-state index is 5.19. The van der Waals surface area contributed by atoms with E-state index in [0.717, 1.165) is 23.4 Å². The molecule has 0 amide bonds. The molecule has 0 aliphatic carbocycles. The lowest BCUT2D eigenvalue weighted by Gasteiger charge is -1.91. The van der Waals surface area contributed by atoms with Crippen LogP contribution in [0, 0.1) is 0 Å². The lowest BCUT2D eigenvalue weighted by Crippen LogP contribution is -1.74. The van der Waals surface area contributed by atoms with E-state index in [1.165, 1.54) is 0 Å². The van der Waals surface area contributed by atoms with E-state index in [9.17, 15) is 0 Å². The summed E-state index contributed by atoms with van der Waals surface area (Å²) in [6.45, 7) is 2.06. The van der Waals surface area contributed by atoms with E-state index in [1.807, 2.05) is 36.4 Å². The summed E-state index contributed by atoms with van der Waals surface area (Å²) in [5, 5.41) is 3.94. The number of hydrogen-bond donors (Lipinski definition) is 0. The molecule has 2 nitrogen and oxygen atoms in total. The summed E-state index contributed by atoms with van der Waals surface area (Å²) in [6.07, 6.45) is 0.913. The van der Waals surface area contributed by atoms with Crippen LogP contribution in [0.15, 0.2) is 40.9 Å². The normalized spacial score (nSPS) is 10.2. The highest BCUT2D eigenvalue weighted by Gasteiger charge is 2.03. The van der Waals surface area contributed by atoms with Gasteiger partial charge in [-0.25, -0.2) is 0 Å². The Balaban J connectivity index is 2.36. The summed E-state index contributed by atoms with van der Waals surface area (Å²) < 4.78 is 5.19. The van der Waals surface area contributed by atoms with Crippen molar-refractivity contribution in [1.82, 2.24) is 5.16 Å². The van der Waals surface area contributed by atoms with E-state index in [0.29, 0.717) is 0 Å². The summed E-state index contributed by atoms with van der Waals surface area (Å²) in [6, 6.07) is 12.0. The molecule has 0 spiro atoms. The number of hydrogen-bond acceptors (Lipinski definition) is 2. The molecule has 0 N–H and O–H groups in total. The molecule has 2 heteroatoms. The molecule has 1 aromatic carbocycles. The van der Waals surface area contributed by atoms with Gasteiger partial charge in [-0.15, -0.1) is 0 Å². The van der Waals surface area contributed by atoms with Gasteiger partial charge in [0.25, 0.3) is 0 Å². The molecule has 0 bridgehead atoms. The first-order chi connectivity index (χ1) is 6.40. The van der Waals surface area contributed by atoms with Gasteiger partial charge in [0, 0.05) is 11.6 Å². The van der Waals surface area contributed by atoms with Crippen molar-refractivity contribution in [3.05, 3.63) is 42.1 Å². The molecule has 1 heterocycles. The van der Waals surface area contributed by atoms with Crippen molar-refractivity contribution in [2.45, 2.75) is 13.3 Å². The highest BCUT2D eigenvalue weighted by Crippen LogP contribution is 2.19. The van der Waals surface area contributed by atoms with Gasteiger partial charge in [-0.05, 0) is 6.42 Å². The van der Waals surface area contributed by atoms with Crippen LogP contribution in [0.3, 0.4) is 0 Å². The highest BCUT2D eigenvalue weighted by molar-refractivity contribution is 5.56. The van der Waals surface area contributed by atoms with Crippen LogP contribution in [-0.4, -0.2) is 5.16 Å². The van der Waals surface area contributed by atoms with Crippen LogP contribution in [0.1, 0.15) is 12.6 Å². The van der Waals surface area contributed by atoms with Gasteiger partial charge in [-0.2, -0.15) is 0 Å². The molecule has 66 valence electrons. The van der Waals surface area contributed by atoms with Crippen LogP contribution >= 0.6 is 0 Å². The van der Waals surface area contributed by atoms with Crippen LogP contribution in [-0.2, 0) is 6.42 Å². The third-order valence-electron chi connectivity index (χ3n) is 1.98. The van der Waals surface area contributed by atoms with Crippen molar-refractivity contribution < 1.29 is 4.52 Å². The predicted octanol–water partition coefficient (Wildman–Crippen LogP) is 2.90. The van der Waals surface area contributed by atoms with Gasteiger partial charge in [0.1, 0.15) is 0 Å². The zero-order valence-electron chi connectivity index (χ0n) is 7.53. The molecule has 2 rings (SSSR count). The van der Waals surface area contributed by atoms with E-state index in [1.54, 1.807) is 0 Å². The van der Waals surface area contributed by atoms with E-state index < -0.39 is 0 Å². The summed E-state index contributed by atoms with van der Waals surface area (Å²) in [5.41, 5.74) is 2.08. The van der Waals surface area contributed by atoms with Crippen LogP contribution in [0.2, 0.25) is 0 Å². The quantitative estimate of drug-likeness (QED) is 0.697. The molecule has 1 aromatic heterocycles. The molecule has 0 unspecified atom stereocenters. The lowest BCUT2D eigenvalue weighted by atomic mass is 10.1. The van der Waals surface area contributed by atoms with Gasteiger partial charge in [0.15, 0.2) is 5.76 Å². The Hall–Kier alpha value is -1.57. The number of benzene rings is 1. The third kappa shape index (κ3) is 1.61. The predicted molar refractivity (Wildman–Crippen MR) is 51.3 cm³/mol. The Labute approximate surface area is 77.2 Å². The maximum Gasteiger partial charge on any atom is 0.167 e. The summed E-state index contributed by atoms with van der Waals surface area (Å²) in [4.78, 5) is 0. The van der Waals surface area contributed by atoms with Crippen molar-refractivity contribution in [3.8, 4) is 11.3 Å². The van der Waals surface area contributed by atoms with E-state index in [4.69, 9.17) is 4.52 Å². The lowest BCUT2D eigenvalue weighted by molar-refractivity contribution is 0.424. The number of nitrogens with zero attached hydrogens (tertiary/aromatic N) is 1. The maximum atomic E-state index is 5.19. The van der Waals surface area contributed by atoms with Crippen molar-refractivity contribution in [2.75, 3.05) is 0 Å². The zero-order valence-corrected chi connectivity index (χ0v) is 7.53. The van der Waals surface area contributed by atoms with Crippen LogP contribution in [0.5, 0.6) is 0 Å². The van der Waals surface area contributed by atoms with Gasteiger partial charge in [-0.3, -0.25) is 0 Å². The molecule has 0 radical (unpaired) electrons. The Morgan fingerprint density at radius 1 is 1.23 bits per heavy atom. The minimum atomic E-state index is 0.845. The van der Waals surface area contributed by atoms with Gasteiger partial charge < -0.3 is 4.52 Å². The smallest absolute Gasteiger partial charge is 0.167 e. The fourth-order valence-electron chi connectivity index (χ4n) is 1.22. The van der Waals surface area contributed by atoms with E-state index in [2.05, 4.69) is 12.1 Å². The number of aryl methyl sites for hydroxylation is 1. The third-order valence-corrected chi connectivity index (χ3v) is 1.98. The van der Waals surface area contributed by atoms with E-state index >= 15 is 0 Å². The van der Waals surface area contributed by atoms with Crippen molar-refractivity contribution in [2.24, 2.45) is 0 Å². The Morgan fingerprint density at radius 2 is 2.00 bits per heavy atom. The largest absolute Gasteiger partial charge is 0.356 e. The second kappa shape index (κ2) is 3.44. The number of rotatable bonds is 2. The molecule has 13 heavy (non-hydrogen) atoms. The minimum absolute atomic E-state index is 0.845. The van der Waals surface area contributed by atoms with Gasteiger partial charge >= 0.3 is 0 Å². The van der Waals surface area contributed by atoms with Crippen LogP contribution in [0.4, 0.5) is 0 Å². The first-order valence-corrected chi connectivity index (χ1v) is 4.41. The monoisotopic (exact) mass is 173 g/mol. The molecule has 0 aliphatic rings. The molecule has 0 saturated carbocycles. The molecular formula is C11H11NO. The Bertz CT molecular complexity index is 378. The summed E-state index contributed by atoms with van der Waals surface area (Å²) in [5.74, 6) is 0.845. The Morgan fingerprint density at radius 3 is 2.62 bits per heavy atom. The average molecular weight is 173 g/mol. The summed E-state index contributed by atoms with van der Waals surface area (Å²) in [7, 11) is 0. The zero-order chi connectivity index (χ0) is 9.10. The molecule has 0 fully saturated rings. The van der Waals surface area contributed by atoms with Crippen molar-refractivity contribution in [3.63, 3.8) is 0 Å². The minimum Gasteiger partial charge on any atom is -0.356 e. The first-order valence-electron chi connectivity index (χ1n) is 4.41. The van der Waals surface area contributed by atoms with E-state index in [-0.39, 0.29) is 0 Å². The average Bonchev–Trinajstić information content (AvgIpc) is 2.67. The standard InChI is InChI=1S/C11H11NO/c1-2-10-8-11(13-12-10)9-6-4-3-5-7-9/h3-8H,2H2,1H3. The number of aromatic nitrogens is 1. The molecule has 2 aromatic rings. The molecular weight excluding hydrogens is 162 g/mol. The molecule has 0 saturated heterocycles. The summed E-state index contributed by atoms with van der Waals surface area (Å²) >= 11 is 0. The van der Waals surface area contributed by atoms with Crippen molar-refractivity contribution in [1.29, 1.82) is 0 Å². The van der Waals surface area contributed by atoms with Crippen LogP contribution < -0.4 is 0 Å². The Kier molecular flexibility index (Phi) is 2.13. The van der Waals surface area contributed by atoms with Gasteiger partial charge in [0.05, 0.1) is 5.69 Å². The van der Waals surface area contributed by atoms with Gasteiger partial charge in [-0.1, -0.05) is 42.4 Å². The SMILES string of the molecule is CCc1cc(-c2ccccc2)on1. The molecule has 0 aliphatic heterocycles. The second-order valence-corrected chi connectivity index (χ2v) is 2.90. The highest BCUT2D eigenvalue weighted by atomic mass is 16.5. The fourth-order valence-corrected chi connectivity index (χ4v) is 1.22.